The monoisotopic (exact) mass is 233 g/mol. The van der Waals surface area contributed by atoms with Crippen molar-refractivity contribution in [1.29, 1.82) is 0 Å². The minimum Gasteiger partial charge on any atom is -0.393 e. The van der Waals surface area contributed by atoms with Gasteiger partial charge in [0.1, 0.15) is 16.8 Å². The molecule has 1 N–H and O–H groups in total. The van der Waals surface area contributed by atoms with Gasteiger partial charge in [-0.25, -0.2) is 0 Å². The highest BCUT2D eigenvalue weighted by molar-refractivity contribution is 5.73. The van der Waals surface area contributed by atoms with Gasteiger partial charge in [-0.05, 0) is 23.8 Å². The Balaban J connectivity index is 2.11. The molecular formula is C12H15N3O2. The van der Waals surface area contributed by atoms with E-state index in [1.807, 2.05) is 31.2 Å². The van der Waals surface area contributed by atoms with Crippen LogP contribution in [-0.4, -0.2) is 26.4 Å². The average molecular weight is 233 g/mol. The highest BCUT2D eigenvalue weighted by Crippen LogP contribution is 2.11. The van der Waals surface area contributed by atoms with Crippen molar-refractivity contribution < 1.29 is 9.94 Å². The maximum atomic E-state index is 9.48. The van der Waals surface area contributed by atoms with Crippen LogP contribution in [0.5, 0.6) is 0 Å². The second-order valence-corrected chi connectivity index (χ2v) is 3.85. The fourth-order valence-corrected chi connectivity index (χ4v) is 1.48. The van der Waals surface area contributed by atoms with Crippen LogP contribution in [0, 0.1) is 0 Å². The highest BCUT2D eigenvalue weighted by atomic mass is 16.7. The Morgan fingerprint density at radius 1 is 1.53 bits per heavy atom. The summed E-state index contributed by atoms with van der Waals surface area (Å²) >= 11 is 0. The van der Waals surface area contributed by atoms with Gasteiger partial charge in [-0.15, -0.1) is 5.10 Å². The van der Waals surface area contributed by atoms with Crippen LogP contribution in [0.2, 0.25) is 0 Å². The van der Waals surface area contributed by atoms with Gasteiger partial charge in [0, 0.05) is 6.42 Å². The zero-order valence-corrected chi connectivity index (χ0v) is 9.71. The first kappa shape index (κ1) is 11.6. The van der Waals surface area contributed by atoms with Crippen molar-refractivity contribution >= 4 is 11.0 Å². The quantitative estimate of drug-likeness (QED) is 0.796. The molecule has 1 aromatic carbocycles. The zero-order chi connectivity index (χ0) is 12.3. The van der Waals surface area contributed by atoms with Crippen LogP contribution >= 0.6 is 0 Å². The number of benzene rings is 1. The number of nitrogens with zero attached hydrogens (tertiary/aromatic N) is 3. The number of aliphatic hydroxyl groups is 1. The number of hydrogen-bond acceptors (Lipinski definition) is 4. The third kappa shape index (κ3) is 2.62. The molecule has 90 valence electrons. The molecule has 1 heterocycles. The first-order valence-corrected chi connectivity index (χ1v) is 5.55. The van der Waals surface area contributed by atoms with Crippen LogP contribution in [0.25, 0.3) is 11.0 Å². The molecule has 5 nitrogen and oxygen atoms in total. The molecule has 0 saturated heterocycles. The minimum absolute atomic E-state index is 0.394. The van der Waals surface area contributed by atoms with E-state index in [2.05, 4.69) is 16.9 Å². The number of aliphatic hydroxyl groups excluding tert-OH is 1. The van der Waals surface area contributed by atoms with Crippen molar-refractivity contribution in [2.75, 3.05) is 0 Å². The highest BCUT2D eigenvalue weighted by Gasteiger charge is 2.09. The summed E-state index contributed by atoms with van der Waals surface area (Å²) in [4.78, 5) is 6.75. The van der Waals surface area contributed by atoms with Crippen molar-refractivity contribution in [2.24, 2.45) is 0 Å². The molecular weight excluding hydrogens is 218 g/mol. The van der Waals surface area contributed by atoms with Crippen molar-refractivity contribution in [3.05, 3.63) is 36.6 Å². The predicted molar refractivity (Wildman–Crippen MR) is 64.2 cm³/mol. The summed E-state index contributed by atoms with van der Waals surface area (Å²) in [6.45, 7) is 5.66. The van der Waals surface area contributed by atoms with E-state index < -0.39 is 6.10 Å². The molecule has 0 radical (unpaired) electrons. The summed E-state index contributed by atoms with van der Waals surface area (Å²) in [5.41, 5.74) is 1.54. The lowest BCUT2D eigenvalue weighted by Gasteiger charge is -2.10. The van der Waals surface area contributed by atoms with Crippen LogP contribution in [0.1, 0.15) is 19.8 Å². The molecule has 0 amide bonds. The molecule has 2 aromatic rings. The van der Waals surface area contributed by atoms with E-state index >= 15 is 0 Å². The largest absolute Gasteiger partial charge is 0.393 e. The van der Waals surface area contributed by atoms with E-state index in [-0.39, 0.29) is 0 Å². The smallest absolute Gasteiger partial charge is 0.131 e. The van der Waals surface area contributed by atoms with E-state index in [1.165, 1.54) is 4.85 Å². The van der Waals surface area contributed by atoms with Gasteiger partial charge in [-0.1, -0.05) is 30.5 Å². The third-order valence-corrected chi connectivity index (χ3v) is 2.47. The van der Waals surface area contributed by atoms with Gasteiger partial charge in [-0.3, -0.25) is 0 Å². The number of rotatable bonds is 5. The predicted octanol–water partition coefficient (Wildman–Crippen LogP) is 1.53. The van der Waals surface area contributed by atoms with Crippen molar-refractivity contribution in [3.63, 3.8) is 0 Å². The van der Waals surface area contributed by atoms with Crippen LogP contribution in [0.15, 0.2) is 36.6 Å². The zero-order valence-electron chi connectivity index (χ0n) is 9.71. The first-order valence-electron chi connectivity index (χ1n) is 5.55. The second kappa shape index (κ2) is 4.97. The molecule has 0 fully saturated rings. The van der Waals surface area contributed by atoms with Crippen LogP contribution < -0.4 is 4.84 Å². The summed E-state index contributed by atoms with van der Waals surface area (Å²) in [5.74, 6) is 0.468. The molecule has 0 bridgehead atoms. The van der Waals surface area contributed by atoms with Gasteiger partial charge in [-0.2, -0.15) is 0 Å². The Morgan fingerprint density at radius 3 is 3.06 bits per heavy atom. The van der Waals surface area contributed by atoms with E-state index in [0.29, 0.717) is 18.6 Å². The molecule has 1 aromatic heterocycles. The fraction of sp³-hybridized carbons (Fsp3) is 0.333. The lowest BCUT2D eigenvalue weighted by Crippen LogP contribution is -2.16. The van der Waals surface area contributed by atoms with Gasteiger partial charge in [0.15, 0.2) is 0 Å². The standard InChI is InChI=1S/C12H15N3O2/c1-3-10(16)8-9(2)17-15-12-7-5-4-6-11(12)13-14-15/h4-7,10,16H,2-3,8H2,1H3/t10-/m1/s1. The molecule has 0 aliphatic rings. The number of para-hydroxylation sites is 1. The lowest BCUT2D eigenvalue weighted by atomic mass is 10.2. The maximum absolute atomic E-state index is 9.48. The molecule has 0 unspecified atom stereocenters. The summed E-state index contributed by atoms with van der Waals surface area (Å²) in [6, 6.07) is 7.48. The number of fused-ring (bicyclic) bond motifs is 1. The Labute approximate surface area is 99.3 Å². The van der Waals surface area contributed by atoms with Gasteiger partial charge < -0.3 is 9.94 Å². The van der Waals surface area contributed by atoms with Gasteiger partial charge in [0.25, 0.3) is 0 Å². The molecule has 0 aliphatic carbocycles. The molecule has 1 atom stereocenters. The van der Waals surface area contributed by atoms with E-state index in [0.717, 1.165) is 11.0 Å². The SMILES string of the molecule is C=C(C[C@H](O)CC)On1nnc2ccccc21. The Morgan fingerprint density at radius 2 is 2.29 bits per heavy atom. The average Bonchev–Trinajstić information content (AvgIpc) is 2.72. The van der Waals surface area contributed by atoms with E-state index in [4.69, 9.17) is 4.84 Å². The normalized spacial score (nSPS) is 12.6. The Kier molecular flexibility index (Phi) is 3.39. The van der Waals surface area contributed by atoms with Crippen molar-refractivity contribution in [3.8, 4) is 0 Å². The Hall–Kier alpha value is -1.88. The number of aromatic nitrogens is 3. The molecule has 17 heavy (non-hydrogen) atoms. The Bertz CT molecular complexity index is 521. The van der Waals surface area contributed by atoms with Gasteiger partial charge in [0.05, 0.1) is 6.10 Å². The first-order chi connectivity index (χ1) is 8.20. The number of hydrogen-bond donors (Lipinski definition) is 1. The van der Waals surface area contributed by atoms with E-state index in [1.54, 1.807) is 0 Å². The van der Waals surface area contributed by atoms with Gasteiger partial charge >= 0.3 is 0 Å². The maximum Gasteiger partial charge on any atom is 0.131 e. The lowest BCUT2D eigenvalue weighted by molar-refractivity contribution is 0.105. The minimum atomic E-state index is -0.433. The molecule has 0 aliphatic heterocycles. The molecule has 5 heteroatoms. The molecule has 0 saturated carbocycles. The third-order valence-electron chi connectivity index (χ3n) is 2.47. The van der Waals surface area contributed by atoms with Crippen molar-refractivity contribution in [1.82, 2.24) is 15.2 Å². The summed E-state index contributed by atoms with van der Waals surface area (Å²) < 4.78 is 0. The van der Waals surface area contributed by atoms with E-state index in [9.17, 15) is 5.11 Å². The van der Waals surface area contributed by atoms with Crippen LogP contribution in [0.3, 0.4) is 0 Å². The van der Waals surface area contributed by atoms with Crippen LogP contribution in [0.4, 0.5) is 0 Å². The van der Waals surface area contributed by atoms with Gasteiger partial charge in [0.2, 0.25) is 0 Å². The van der Waals surface area contributed by atoms with Crippen LogP contribution in [-0.2, 0) is 0 Å². The molecule has 0 spiro atoms. The summed E-state index contributed by atoms with van der Waals surface area (Å²) in [6.07, 6.45) is 0.628. The molecule has 2 rings (SSSR count). The second-order valence-electron chi connectivity index (χ2n) is 3.85. The summed E-state index contributed by atoms with van der Waals surface area (Å²) in [7, 11) is 0. The van der Waals surface area contributed by atoms with Crippen molar-refractivity contribution in [2.45, 2.75) is 25.9 Å². The fourth-order valence-electron chi connectivity index (χ4n) is 1.48. The summed E-state index contributed by atoms with van der Waals surface area (Å²) in [5, 5.41) is 17.3. The topological polar surface area (TPSA) is 60.2 Å².